The summed E-state index contributed by atoms with van der Waals surface area (Å²) in [6, 6.07) is 45.3. The van der Waals surface area contributed by atoms with Crippen molar-refractivity contribution < 1.29 is 55.6 Å². The van der Waals surface area contributed by atoms with E-state index < -0.39 is 56.8 Å². The second-order valence-corrected chi connectivity index (χ2v) is 49.1. The number of benzene rings is 5. The Morgan fingerprint density at radius 3 is 1.08 bits per heavy atom. The number of aryl methyl sites for hydroxylation is 3. The van der Waals surface area contributed by atoms with Crippen molar-refractivity contribution in [1.82, 2.24) is 70.8 Å². The number of piperidine rings is 5. The molecule has 5 saturated heterocycles. The van der Waals surface area contributed by atoms with E-state index in [9.17, 15) is 56.1 Å². The zero-order valence-electron chi connectivity index (χ0n) is 84.2. The predicted molar refractivity (Wildman–Crippen MR) is 587 cm³/mol. The molecule has 5 aromatic carbocycles. The summed E-state index contributed by atoms with van der Waals surface area (Å²) < 4.78 is 165. The van der Waals surface area contributed by atoms with Gasteiger partial charge >= 0.3 is 0 Å². The second kappa shape index (κ2) is 48.1. The molecule has 40 heteroatoms. The minimum atomic E-state index is -3.16. The fourth-order valence-corrected chi connectivity index (χ4v) is 25.0. The summed E-state index contributed by atoms with van der Waals surface area (Å²) in [7, 11) is -14.2. The van der Waals surface area contributed by atoms with Crippen molar-refractivity contribution in [2.45, 2.75) is 149 Å². The number of fused-ring (bicyclic) bond motifs is 5. The van der Waals surface area contributed by atoms with E-state index in [1.54, 1.807) is 100 Å². The van der Waals surface area contributed by atoms with Gasteiger partial charge in [-0.1, -0.05) is 13.0 Å². The summed E-state index contributed by atoms with van der Waals surface area (Å²) in [5, 5.41) is 37.8. The number of alkyl halides is 1. The molecule has 0 spiro atoms. The summed E-state index contributed by atoms with van der Waals surface area (Å²) >= 11 is 1.50. The molecular weight excluding hydrogens is 2000 g/mol. The van der Waals surface area contributed by atoms with Gasteiger partial charge in [0.05, 0.1) is 53.1 Å². The number of hydrogen-bond acceptors (Lipinski definition) is 28. The highest BCUT2D eigenvalue weighted by atomic mass is 32.2. The van der Waals surface area contributed by atoms with Crippen LogP contribution in [0.25, 0.3) is 109 Å². The van der Waals surface area contributed by atoms with Gasteiger partial charge < -0.3 is 31.3 Å². The molecule has 5 fully saturated rings. The van der Waals surface area contributed by atoms with Crippen LogP contribution in [0.1, 0.15) is 120 Å². The van der Waals surface area contributed by atoms with Gasteiger partial charge in [0.1, 0.15) is 24.1 Å². The van der Waals surface area contributed by atoms with Gasteiger partial charge in [0.2, 0.25) is 56.0 Å². The minimum absolute atomic E-state index is 0.125. The van der Waals surface area contributed by atoms with Gasteiger partial charge in [0.15, 0.2) is 0 Å². The van der Waals surface area contributed by atoms with E-state index in [1.165, 1.54) is 41.7 Å². The summed E-state index contributed by atoms with van der Waals surface area (Å²) in [6.07, 6.45) is 37.3. The quantitative estimate of drug-likeness (QED) is 0.0336. The first kappa shape index (κ1) is 108. The number of nitriles is 1. The van der Waals surface area contributed by atoms with Gasteiger partial charge in [0.25, 0.3) is 0 Å². The molecule has 0 unspecified atom stereocenters. The number of nitrogens with zero attached hydrogens (tertiary/aromatic N) is 16. The number of rotatable bonds is 26. The molecular formula is C108H123F2N21O11S6. The Hall–Kier alpha value is -12.9. The molecule has 5 N–H and O–H groups in total. The van der Waals surface area contributed by atoms with Crippen LogP contribution in [0.3, 0.4) is 0 Å². The number of sulfonamides is 5. The van der Waals surface area contributed by atoms with Crippen molar-refractivity contribution in [3.63, 3.8) is 0 Å². The average molecular weight is 2120 g/mol. The lowest BCUT2D eigenvalue weighted by atomic mass is 9.99. The van der Waals surface area contributed by atoms with Gasteiger partial charge in [-0.3, -0.25) is 39.9 Å². The van der Waals surface area contributed by atoms with Gasteiger partial charge in [-0.25, -0.2) is 77.4 Å². The van der Waals surface area contributed by atoms with Crippen LogP contribution in [0.15, 0.2) is 220 Å². The standard InChI is InChI=1S/2C22H25FN4O2S.C22H23N5O3S.C22H26N4O2S.C20H24N4O2S2/c1-3-30(28,29)27-8-5-18(6-9-27)26-21-11-17(10-16-4-7-24-13-19(16)21)20-14-25-12-15(2)22(20)23;1-2-30(28,29)27-9-6-19(7-10-27)26-22-12-18(11-16-5-8-24-15-21(16)22)17-3-4-20(13-23)25-14-17;1-30-22-17(12-23)10-18(13-25-22)16-9-15-3-6-24-14-20(15)21(11-16)26-19-4-7-27(8-5-19)31(2,28)29;1-3-19-13-16(5-9-24-19)18-12-17-4-8-23-15-21(17)22(14-18)25-20-6-10-26(11-7-20)29(2,27)28;1-3-28(25,26)24-8-5-17(6-9-24)22-19-12-16(20-10-14(2)23-27-20)11-15-4-7-21-13-18(15)19/h4,7,10-14,18,26H,3,5-6,8-9H2,1-2H3;3-5,8,11-12,14-15,19,26H,2,6-7,9-10,13H2,1H3;3,6,9-11,13-14,19,26H,4-5,7-8H2,1-2H3;4-5,8-9,12-15,20,25H,3,6-7,10-11H2,1-2H3;4,7,10-13,17,22H,3,5-6,8-9H2,1-2H3. The van der Waals surface area contributed by atoms with Crippen LogP contribution in [0.2, 0.25) is 0 Å². The molecule has 776 valence electrons. The predicted octanol–water partition coefficient (Wildman–Crippen LogP) is 18.6. The highest BCUT2D eigenvalue weighted by Gasteiger charge is 2.33. The van der Waals surface area contributed by atoms with Crippen LogP contribution in [0.5, 0.6) is 5.88 Å². The van der Waals surface area contributed by atoms with Gasteiger partial charge in [-0.2, -0.15) is 9.64 Å². The largest absolute Gasteiger partial charge is 0.480 e. The molecule has 15 aromatic rings. The molecule has 148 heavy (non-hydrogen) atoms. The van der Waals surface area contributed by atoms with Crippen molar-refractivity contribution in [2.75, 3.05) is 129 Å². The van der Waals surface area contributed by atoms with Gasteiger partial charge in [0, 0.05) is 272 Å². The van der Waals surface area contributed by atoms with Crippen LogP contribution in [0.4, 0.5) is 37.2 Å². The maximum absolute atomic E-state index is 14.7. The Kier molecular flexibility index (Phi) is 35.1. The van der Waals surface area contributed by atoms with Crippen LogP contribution < -0.4 is 31.3 Å². The third-order valence-corrected chi connectivity index (χ3v) is 36.8. The first-order chi connectivity index (χ1) is 71.2. The third-order valence-electron chi connectivity index (χ3n) is 27.6. The summed E-state index contributed by atoms with van der Waals surface area (Å²) in [6.45, 7) is 15.6. The zero-order valence-corrected chi connectivity index (χ0v) is 89.1. The number of methoxy groups -OCH3 is 1. The normalized spacial score (nSPS) is 16.1. The van der Waals surface area contributed by atoms with Crippen molar-refractivity contribution >= 4 is 144 Å². The summed E-state index contributed by atoms with van der Waals surface area (Å²) in [5.74, 6) is 0.449. The molecule has 0 saturated carbocycles. The van der Waals surface area contributed by atoms with E-state index in [2.05, 4.69) is 137 Å². The van der Waals surface area contributed by atoms with Crippen LogP contribution >= 0.6 is 11.5 Å². The zero-order chi connectivity index (χ0) is 105. The van der Waals surface area contributed by atoms with E-state index in [0.717, 1.165) is 201 Å². The Balaban J connectivity index is 0.000000132. The average Bonchev–Trinajstić information content (AvgIpc) is 1.64. The Morgan fingerprint density at radius 1 is 0.378 bits per heavy atom. The van der Waals surface area contributed by atoms with Crippen molar-refractivity contribution in [2.24, 2.45) is 0 Å². The van der Waals surface area contributed by atoms with E-state index in [0.29, 0.717) is 107 Å². The number of anilines is 5. The summed E-state index contributed by atoms with van der Waals surface area (Å²) in [5.41, 5.74) is 16.5. The number of ether oxygens (including phenoxy) is 1. The topological polar surface area (TPSA) is 409 Å². The third kappa shape index (κ3) is 26.7. The molecule has 0 bridgehead atoms. The van der Waals surface area contributed by atoms with E-state index in [4.69, 9.17) is 4.74 Å². The van der Waals surface area contributed by atoms with Crippen molar-refractivity contribution in [1.29, 1.82) is 5.26 Å². The molecule has 20 rings (SSSR count). The lowest BCUT2D eigenvalue weighted by Crippen LogP contribution is -2.42. The molecule has 5 aliphatic heterocycles. The van der Waals surface area contributed by atoms with E-state index >= 15 is 0 Å². The maximum Gasteiger partial charge on any atom is 0.231 e. The minimum Gasteiger partial charge on any atom is -0.480 e. The fourth-order valence-electron chi connectivity index (χ4n) is 19.2. The van der Waals surface area contributed by atoms with Gasteiger partial charge in [-0.05, 0) is 298 Å². The molecule has 0 radical (unpaired) electrons. The SMILES string of the molecule is CCS(=O)(=O)N1CCC(Nc2cc(-c3cc(C)ns3)cc3ccncc23)CC1.CCS(=O)(=O)N1CCC(Nc2cc(-c3ccc(CF)nc3)cc3ccncc23)CC1.CCS(=O)(=O)N1CCC(Nc2cc(-c3cncc(C)c3F)cc3ccncc23)CC1.CCc1cc(-c2cc(NC3CCN(S(C)(=O)=O)CC3)c3cnccc3c2)ccn1.COc1ncc(-c2cc(NC3CCN(S(C)(=O)=O)CC3)c3cnccc3c2)cc1C#N. The lowest BCUT2D eigenvalue weighted by Gasteiger charge is -2.32. The second-order valence-electron chi connectivity index (χ2n) is 37.5. The Bertz CT molecular complexity index is 7920. The van der Waals surface area contributed by atoms with E-state index in [1.807, 2.05) is 117 Å². The van der Waals surface area contributed by atoms with Crippen LogP contribution in [-0.4, -0.2) is 245 Å². The van der Waals surface area contributed by atoms with Gasteiger partial charge in [-0.15, -0.1) is 0 Å². The number of pyridine rings is 9. The monoisotopic (exact) mass is 2120 g/mol. The smallest absolute Gasteiger partial charge is 0.231 e. The maximum atomic E-state index is 14.7. The summed E-state index contributed by atoms with van der Waals surface area (Å²) in [4.78, 5) is 39.5. The lowest BCUT2D eigenvalue weighted by molar-refractivity contribution is 0.330. The number of halogens is 2. The highest BCUT2D eigenvalue weighted by Crippen LogP contribution is 2.41. The number of nitrogens with one attached hydrogen (secondary N) is 5. The van der Waals surface area contributed by atoms with Crippen molar-refractivity contribution in [3.8, 4) is 66.9 Å². The Labute approximate surface area is 868 Å². The van der Waals surface area contributed by atoms with E-state index in [-0.39, 0.29) is 53.3 Å². The first-order valence-electron chi connectivity index (χ1n) is 49.7. The van der Waals surface area contributed by atoms with Crippen LogP contribution in [-0.2, 0) is 63.2 Å². The van der Waals surface area contributed by atoms with Crippen molar-refractivity contribution in [3.05, 3.63) is 254 Å². The molecule has 5 aliphatic rings. The van der Waals surface area contributed by atoms with Crippen LogP contribution in [0, 0.1) is 31.0 Å². The number of aromatic nitrogens is 10. The highest BCUT2D eigenvalue weighted by molar-refractivity contribution is 7.89. The molecule has 32 nitrogen and oxygen atoms in total. The fraction of sp³-hybridized carbons (Fsp3) is 0.361. The first-order valence-corrected chi connectivity index (χ1v) is 59.0. The molecule has 0 atom stereocenters. The molecule has 0 aliphatic carbocycles. The molecule has 15 heterocycles. The molecule has 10 aromatic heterocycles. The Morgan fingerprint density at radius 2 is 0.736 bits per heavy atom. The number of hydrogen-bond donors (Lipinski definition) is 5. The molecule has 0 amide bonds.